The van der Waals surface area contributed by atoms with Crippen LogP contribution in [0.3, 0.4) is 0 Å². The van der Waals surface area contributed by atoms with Crippen LogP contribution >= 0.6 is 0 Å². The van der Waals surface area contributed by atoms with E-state index in [4.69, 9.17) is 0 Å². The Balaban J connectivity index is 2.65. The minimum Gasteiger partial charge on any atom is -0.298 e. The molecule has 3 aromatic heterocycles. The lowest BCUT2D eigenvalue weighted by Crippen LogP contribution is -1.85. The molecule has 0 saturated carbocycles. The van der Waals surface area contributed by atoms with Crippen LogP contribution in [0.5, 0.6) is 0 Å². The molecule has 0 aliphatic rings. The van der Waals surface area contributed by atoms with Gasteiger partial charge in [-0.25, -0.2) is 9.97 Å². The second-order valence-corrected chi connectivity index (χ2v) is 3.34. The van der Waals surface area contributed by atoms with E-state index < -0.39 is 0 Å². The van der Waals surface area contributed by atoms with Crippen LogP contribution in [-0.4, -0.2) is 14.4 Å². The molecular formula is C11H9N3. The topological polar surface area (TPSA) is 30.2 Å². The Bertz CT molecular complexity index is 610. The maximum atomic E-state index is 4.43. The molecule has 0 aromatic carbocycles. The zero-order valence-corrected chi connectivity index (χ0v) is 7.81. The minimum atomic E-state index is 0.816. The minimum absolute atomic E-state index is 0.816. The number of rotatable bonds is 0. The maximum absolute atomic E-state index is 4.43. The molecule has 14 heavy (non-hydrogen) atoms. The van der Waals surface area contributed by atoms with Gasteiger partial charge in [-0.05, 0) is 30.7 Å². The molecule has 3 aromatic rings. The fraction of sp³-hybridized carbons (Fsp3) is 0.0909. The summed E-state index contributed by atoms with van der Waals surface area (Å²) >= 11 is 0. The number of pyridine rings is 2. The summed E-state index contributed by atoms with van der Waals surface area (Å²) in [5.41, 5.74) is 4.07. The lowest BCUT2D eigenvalue weighted by molar-refractivity contribution is 1.21. The van der Waals surface area contributed by atoms with Gasteiger partial charge in [-0.15, -0.1) is 0 Å². The van der Waals surface area contributed by atoms with Gasteiger partial charge in [0.15, 0.2) is 5.65 Å². The highest BCUT2D eigenvalue weighted by Crippen LogP contribution is 2.17. The molecule has 0 spiro atoms. The van der Waals surface area contributed by atoms with Crippen molar-refractivity contribution >= 4 is 16.8 Å². The Kier molecular flexibility index (Phi) is 1.36. The summed E-state index contributed by atoms with van der Waals surface area (Å²) in [5.74, 6) is 0. The zero-order valence-electron chi connectivity index (χ0n) is 7.81. The van der Waals surface area contributed by atoms with Gasteiger partial charge in [0.05, 0.1) is 5.52 Å². The molecule has 0 N–H and O–H groups in total. The molecule has 0 fully saturated rings. The summed E-state index contributed by atoms with van der Waals surface area (Å²) in [6.45, 7) is 2.07. The van der Waals surface area contributed by atoms with Crippen molar-refractivity contribution in [3.05, 3.63) is 42.2 Å². The molecular weight excluding hydrogens is 174 g/mol. The van der Waals surface area contributed by atoms with Crippen LogP contribution in [0.15, 0.2) is 36.7 Å². The smallest absolute Gasteiger partial charge is 0.178 e. The van der Waals surface area contributed by atoms with Gasteiger partial charge in [-0.3, -0.25) is 4.40 Å². The molecule has 0 atom stereocenters. The quantitative estimate of drug-likeness (QED) is 0.534. The van der Waals surface area contributed by atoms with Crippen molar-refractivity contribution in [1.29, 1.82) is 0 Å². The number of hydrogen-bond donors (Lipinski definition) is 0. The molecule has 3 rings (SSSR count). The molecule has 3 heterocycles. The van der Waals surface area contributed by atoms with Crippen molar-refractivity contribution in [3.8, 4) is 0 Å². The Hall–Kier alpha value is -1.90. The third-order valence-corrected chi connectivity index (χ3v) is 2.41. The molecule has 3 nitrogen and oxygen atoms in total. The van der Waals surface area contributed by atoms with Crippen LogP contribution in [0.4, 0.5) is 0 Å². The first kappa shape index (κ1) is 7.50. The summed E-state index contributed by atoms with van der Waals surface area (Å²) in [6.07, 6.45) is 3.81. The Morgan fingerprint density at radius 3 is 3.07 bits per heavy atom. The van der Waals surface area contributed by atoms with E-state index in [0.29, 0.717) is 0 Å². The van der Waals surface area contributed by atoms with E-state index in [1.54, 1.807) is 6.20 Å². The lowest BCUT2D eigenvalue weighted by atomic mass is 10.3. The summed E-state index contributed by atoms with van der Waals surface area (Å²) in [4.78, 5) is 8.68. The zero-order chi connectivity index (χ0) is 9.54. The van der Waals surface area contributed by atoms with Crippen molar-refractivity contribution in [2.24, 2.45) is 0 Å². The molecule has 0 bridgehead atoms. The van der Waals surface area contributed by atoms with Gasteiger partial charge in [0.2, 0.25) is 0 Å². The maximum Gasteiger partial charge on any atom is 0.178 e. The molecule has 0 radical (unpaired) electrons. The van der Waals surface area contributed by atoms with Crippen molar-refractivity contribution in [3.63, 3.8) is 0 Å². The molecule has 3 heteroatoms. The van der Waals surface area contributed by atoms with E-state index in [0.717, 1.165) is 16.8 Å². The predicted octanol–water partition coefficient (Wildman–Crippen LogP) is 2.19. The van der Waals surface area contributed by atoms with Crippen LogP contribution in [0.25, 0.3) is 16.8 Å². The van der Waals surface area contributed by atoms with Crippen molar-refractivity contribution in [2.75, 3.05) is 0 Å². The van der Waals surface area contributed by atoms with E-state index in [1.165, 1.54) is 5.56 Å². The number of aromatic nitrogens is 3. The predicted molar refractivity (Wildman–Crippen MR) is 55.2 cm³/mol. The Morgan fingerprint density at radius 2 is 2.14 bits per heavy atom. The van der Waals surface area contributed by atoms with Gasteiger partial charge in [0.25, 0.3) is 0 Å². The average molecular weight is 183 g/mol. The van der Waals surface area contributed by atoms with Gasteiger partial charge in [0.1, 0.15) is 5.65 Å². The summed E-state index contributed by atoms with van der Waals surface area (Å²) in [5, 5.41) is 0. The highest BCUT2D eigenvalue weighted by atomic mass is 15.0. The van der Waals surface area contributed by atoms with E-state index in [1.807, 2.05) is 30.5 Å². The van der Waals surface area contributed by atoms with Gasteiger partial charge in [-0.2, -0.15) is 0 Å². The van der Waals surface area contributed by atoms with E-state index in [2.05, 4.69) is 21.3 Å². The number of hydrogen-bond acceptors (Lipinski definition) is 2. The number of nitrogens with zero attached hydrogens (tertiary/aromatic N) is 3. The monoisotopic (exact) mass is 183 g/mol. The van der Waals surface area contributed by atoms with Gasteiger partial charge < -0.3 is 0 Å². The first-order chi connectivity index (χ1) is 6.86. The largest absolute Gasteiger partial charge is 0.298 e. The highest BCUT2D eigenvalue weighted by molar-refractivity contribution is 5.79. The molecule has 0 saturated heterocycles. The third-order valence-electron chi connectivity index (χ3n) is 2.41. The first-order valence-corrected chi connectivity index (χ1v) is 4.55. The normalized spacial score (nSPS) is 11.2. The van der Waals surface area contributed by atoms with E-state index >= 15 is 0 Å². The second-order valence-electron chi connectivity index (χ2n) is 3.34. The van der Waals surface area contributed by atoms with Crippen LogP contribution in [0, 0.1) is 6.92 Å². The van der Waals surface area contributed by atoms with Crippen molar-refractivity contribution in [2.45, 2.75) is 6.92 Å². The molecule has 0 unspecified atom stereocenters. The SMILES string of the molecule is Cc1ccnc2nc3ccccn3c12. The molecule has 0 aliphatic carbocycles. The summed E-state index contributed by atoms with van der Waals surface area (Å²) < 4.78 is 2.07. The van der Waals surface area contributed by atoms with Crippen LogP contribution in [0.2, 0.25) is 0 Å². The number of imidazole rings is 1. The summed E-state index contributed by atoms with van der Waals surface area (Å²) in [7, 11) is 0. The molecule has 0 amide bonds. The lowest BCUT2D eigenvalue weighted by Gasteiger charge is -1.96. The van der Waals surface area contributed by atoms with Gasteiger partial charge in [0, 0.05) is 12.4 Å². The number of fused-ring (bicyclic) bond motifs is 3. The molecule has 0 aliphatic heterocycles. The van der Waals surface area contributed by atoms with Crippen LogP contribution < -0.4 is 0 Å². The fourth-order valence-electron chi connectivity index (χ4n) is 1.74. The van der Waals surface area contributed by atoms with Crippen molar-refractivity contribution in [1.82, 2.24) is 14.4 Å². The van der Waals surface area contributed by atoms with Gasteiger partial charge >= 0.3 is 0 Å². The number of aryl methyl sites for hydroxylation is 1. The van der Waals surface area contributed by atoms with Crippen LogP contribution in [-0.2, 0) is 0 Å². The average Bonchev–Trinajstić information content (AvgIpc) is 2.57. The van der Waals surface area contributed by atoms with Crippen molar-refractivity contribution < 1.29 is 0 Å². The first-order valence-electron chi connectivity index (χ1n) is 4.55. The third kappa shape index (κ3) is 0.865. The standard InChI is InChI=1S/C11H9N3/c1-8-5-6-12-11-10(8)14-7-3-2-4-9(14)13-11/h2-7H,1H3. The second kappa shape index (κ2) is 2.54. The Morgan fingerprint density at radius 1 is 1.21 bits per heavy atom. The molecule has 68 valence electrons. The van der Waals surface area contributed by atoms with Gasteiger partial charge in [-0.1, -0.05) is 6.07 Å². The van der Waals surface area contributed by atoms with E-state index in [-0.39, 0.29) is 0 Å². The van der Waals surface area contributed by atoms with E-state index in [9.17, 15) is 0 Å². The summed E-state index contributed by atoms with van der Waals surface area (Å²) in [6, 6.07) is 7.97. The fourth-order valence-corrected chi connectivity index (χ4v) is 1.74. The highest BCUT2D eigenvalue weighted by Gasteiger charge is 2.05. The Labute approximate surface area is 81.0 Å². The van der Waals surface area contributed by atoms with Crippen LogP contribution in [0.1, 0.15) is 5.56 Å².